The Kier molecular flexibility index (Phi) is 7.58. The van der Waals surface area contributed by atoms with Gasteiger partial charge in [-0.05, 0) is 50.6 Å². The van der Waals surface area contributed by atoms with Gasteiger partial charge >= 0.3 is 6.18 Å². The van der Waals surface area contributed by atoms with E-state index in [1.165, 1.54) is 0 Å². The maximum Gasteiger partial charge on any atom is 0.435 e. The average Bonchev–Trinajstić information content (AvgIpc) is 3.19. The van der Waals surface area contributed by atoms with Gasteiger partial charge in [0.2, 0.25) is 0 Å². The smallest absolute Gasteiger partial charge is 0.379 e. The summed E-state index contributed by atoms with van der Waals surface area (Å²) in [6.07, 6.45) is -3.80. The van der Waals surface area contributed by atoms with Crippen molar-refractivity contribution in [2.45, 2.75) is 32.5 Å². The van der Waals surface area contributed by atoms with E-state index in [1.54, 1.807) is 48.5 Å². The molecule has 0 bridgehead atoms. The molecule has 0 saturated carbocycles. The van der Waals surface area contributed by atoms with Crippen molar-refractivity contribution < 1.29 is 22.7 Å². The van der Waals surface area contributed by atoms with E-state index >= 15 is 0 Å². The predicted molar refractivity (Wildman–Crippen MR) is 117 cm³/mol. The molecule has 0 aliphatic heterocycles. The Morgan fingerprint density at radius 1 is 1.16 bits per heavy atom. The first-order valence-corrected chi connectivity index (χ1v) is 10.5. The topological polar surface area (TPSA) is 56.1 Å². The highest BCUT2D eigenvalue weighted by molar-refractivity contribution is 6.32. The molecule has 9 heteroatoms. The van der Waals surface area contributed by atoms with Crippen LogP contribution in [0.4, 0.5) is 13.2 Å². The van der Waals surface area contributed by atoms with Gasteiger partial charge in [0, 0.05) is 24.3 Å². The summed E-state index contributed by atoms with van der Waals surface area (Å²) in [6, 6.07) is 13.8. The summed E-state index contributed by atoms with van der Waals surface area (Å²) in [5, 5.41) is 6.80. The summed E-state index contributed by atoms with van der Waals surface area (Å²) in [5.74, 6) is -0.267. The zero-order valence-corrected chi connectivity index (χ0v) is 18.4. The Morgan fingerprint density at radius 2 is 1.84 bits per heavy atom. The maximum absolute atomic E-state index is 13.3. The molecule has 0 radical (unpaired) electrons. The first-order chi connectivity index (χ1) is 15.2. The van der Waals surface area contributed by atoms with E-state index in [1.807, 2.05) is 13.8 Å². The number of para-hydroxylation sites is 1. The van der Waals surface area contributed by atoms with Gasteiger partial charge in [0.1, 0.15) is 0 Å². The second-order valence-electron chi connectivity index (χ2n) is 7.38. The van der Waals surface area contributed by atoms with Crippen LogP contribution in [0.1, 0.15) is 36.3 Å². The van der Waals surface area contributed by atoms with Crippen LogP contribution in [0.2, 0.25) is 5.02 Å². The number of halogens is 4. The third-order valence-corrected chi connectivity index (χ3v) is 4.90. The fourth-order valence-electron chi connectivity index (χ4n) is 3.02. The van der Waals surface area contributed by atoms with Gasteiger partial charge in [-0.2, -0.15) is 18.3 Å². The van der Waals surface area contributed by atoms with Crippen LogP contribution < -0.4 is 5.32 Å². The van der Waals surface area contributed by atoms with Crippen molar-refractivity contribution >= 4 is 17.5 Å². The molecule has 0 spiro atoms. The van der Waals surface area contributed by atoms with Crippen molar-refractivity contribution in [2.75, 3.05) is 13.2 Å². The lowest BCUT2D eigenvalue weighted by Gasteiger charge is -2.10. The number of hydrogen-bond acceptors (Lipinski definition) is 3. The van der Waals surface area contributed by atoms with E-state index in [4.69, 9.17) is 16.3 Å². The van der Waals surface area contributed by atoms with Crippen LogP contribution in [-0.2, 0) is 10.9 Å². The minimum atomic E-state index is -4.61. The number of carbonyl (C=O) groups is 1. The molecule has 0 atom stereocenters. The van der Waals surface area contributed by atoms with Gasteiger partial charge in [0.15, 0.2) is 5.69 Å². The number of aromatic nitrogens is 2. The monoisotopic (exact) mass is 465 g/mol. The van der Waals surface area contributed by atoms with Crippen LogP contribution in [0.3, 0.4) is 0 Å². The van der Waals surface area contributed by atoms with Gasteiger partial charge in [-0.15, -0.1) is 0 Å². The van der Waals surface area contributed by atoms with Gasteiger partial charge in [0.25, 0.3) is 5.91 Å². The van der Waals surface area contributed by atoms with E-state index < -0.39 is 11.9 Å². The molecule has 32 heavy (non-hydrogen) atoms. The summed E-state index contributed by atoms with van der Waals surface area (Å²) in [5.41, 5.74) is 0.374. The molecule has 170 valence electrons. The summed E-state index contributed by atoms with van der Waals surface area (Å²) < 4.78 is 46.6. The van der Waals surface area contributed by atoms with Crippen LogP contribution in [0.15, 0.2) is 54.6 Å². The number of nitrogens with zero attached hydrogens (tertiary/aromatic N) is 2. The number of carbonyl (C=O) groups excluding carboxylic acids is 1. The third-order valence-electron chi connectivity index (χ3n) is 4.58. The first kappa shape index (κ1) is 23.8. The Balaban J connectivity index is 1.81. The van der Waals surface area contributed by atoms with E-state index in [-0.39, 0.29) is 22.7 Å². The summed E-state index contributed by atoms with van der Waals surface area (Å²) in [6.45, 7) is 4.89. The lowest BCUT2D eigenvalue weighted by atomic mass is 10.1. The first-order valence-electron chi connectivity index (χ1n) is 10.1. The van der Waals surface area contributed by atoms with Crippen molar-refractivity contribution in [2.24, 2.45) is 0 Å². The lowest BCUT2D eigenvalue weighted by molar-refractivity contribution is -0.141. The van der Waals surface area contributed by atoms with Crippen molar-refractivity contribution in [3.63, 3.8) is 0 Å². The normalized spacial score (nSPS) is 11.7. The van der Waals surface area contributed by atoms with Crippen LogP contribution in [0.25, 0.3) is 16.9 Å². The van der Waals surface area contributed by atoms with Gasteiger partial charge in [-0.1, -0.05) is 35.9 Å². The molecule has 0 aliphatic rings. The molecule has 1 amide bonds. The standard InChI is InChI=1S/C23H23ClF3N3O2/c1-15(2)32-13-5-12-28-22(31)17-10-8-16(9-11-17)20-14-21(23(25,26)27)29-30(20)19-7-4-3-6-18(19)24/h3-4,6-11,14-15H,5,12-13H2,1-2H3,(H,28,31). The summed E-state index contributed by atoms with van der Waals surface area (Å²) in [4.78, 5) is 12.3. The number of rotatable bonds is 8. The Hall–Kier alpha value is -2.84. The Labute approximate surface area is 189 Å². The van der Waals surface area contributed by atoms with Crippen LogP contribution >= 0.6 is 11.6 Å². The van der Waals surface area contributed by atoms with E-state index in [9.17, 15) is 18.0 Å². The molecule has 1 N–H and O–H groups in total. The Bertz CT molecular complexity index is 1060. The number of amides is 1. The average molecular weight is 466 g/mol. The van der Waals surface area contributed by atoms with Gasteiger partial charge in [-0.25, -0.2) is 4.68 Å². The molecule has 5 nitrogen and oxygen atoms in total. The molecule has 0 fully saturated rings. The van der Waals surface area contributed by atoms with Crippen molar-refractivity contribution in [1.82, 2.24) is 15.1 Å². The second-order valence-corrected chi connectivity index (χ2v) is 7.79. The van der Waals surface area contributed by atoms with Crippen molar-refractivity contribution in [3.05, 3.63) is 70.9 Å². The van der Waals surface area contributed by atoms with Gasteiger partial charge < -0.3 is 10.1 Å². The number of hydrogen-bond donors (Lipinski definition) is 1. The highest BCUT2D eigenvalue weighted by Gasteiger charge is 2.35. The molecule has 0 aliphatic carbocycles. The highest BCUT2D eigenvalue weighted by atomic mass is 35.5. The molecule has 2 aromatic carbocycles. The molecular weight excluding hydrogens is 443 g/mol. The molecule has 0 unspecified atom stereocenters. The highest BCUT2D eigenvalue weighted by Crippen LogP contribution is 2.34. The molecular formula is C23H23ClF3N3O2. The number of alkyl halides is 3. The predicted octanol–water partition coefficient (Wildman–Crippen LogP) is 5.76. The number of benzene rings is 2. The van der Waals surface area contributed by atoms with Crippen LogP contribution in [0.5, 0.6) is 0 Å². The second kappa shape index (κ2) is 10.2. The third kappa shape index (κ3) is 5.89. The van der Waals surface area contributed by atoms with E-state index in [2.05, 4.69) is 10.4 Å². The quantitative estimate of drug-likeness (QED) is 0.430. The van der Waals surface area contributed by atoms with E-state index in [0.29, 0.717) is 36.4 Å². The van der Waals surface area contributed by atoms with Crippen molar-refractivity contribution in [1.29, 1.82) is 0 Å². The lowest BCUT2D eigenvalue weighted by Crippen LogP contribution is -2.25. The van der Waals surface area contributed by atoms with Crippen LogP contribution in [-0.4, -0.2) is 34.9 Å². The molecule has 0 saturated heterocycles. The zero-order valence-electron chi connectivity index (χ0n) is 17.6. The zero-order chi connectivity index (χ0) is 23.3. The molecule has 1 heterocycles. The van der Waals surface area contributed by atoms with E-state index in [0.717, 1.165) is 10.7 Å². The molecule has 3 aromatic rings. The van der Waals surface area contributed by atoms with Gasteiger partial charge in [0.05, 0.1) is 22.5 Å². The number of nitrogens with one attached hydrogen (secondary N) is 1. The Morgan fingerprint density at radius 3 is 2.47 bits per heavy atom. The minimum Gasteiger partial charge on any atom is -0.379 e. The SMILES string of the molecule is CC(C)OCCCNC(=O)c1ccc(-c2cc(C(F)(F)F)nn2-c2ccccc2Cl)cc1. The minimum absolute atomic E-state index is 0.135. The summed E-state index contributed by atoms with van der Waals surface area (Å²) in [7, 11) is 0. The fraction of sp³-hybridized carbons (Fsp3) is 0.304. The fourth-order valence-corrected chi connectivity index (χ4v) is 3.24. The molecule has 1 aromatic heterocycles. The maximum atomic E-state index is 13.3. The van der Waals surface area contributed by atoms with Gasteiger partial charge in [-0.3, -0.25) is 4.79 Å². The summed E-state index contributed by atoms with van der Waals surface area (Å²) >= 11 is 6.19. The van der Waals surface area contributed by atoms with Crippen LogP contribution in [0, 0.1) is 0 Å². The number of ether oxygens (including phenoxy) is 1. The van der Waals surface area contributed by atoms with Crippen molar-refractivity contribution in [3.8, 4) is 16.9 Å². The molecule has 3 rings (SSSR count). The largest absolute Gasteiger partial charge is 0.435 e.